The summed E-state index contributed by atoms with van der Waals surface area (Å²) in [4.78, 5) is 0. The van der Waals surface area contributed by atoms with E-state index in [1.807, 2.05) is 6.08 Å². The molecule has 0 aromatic rings. The van der Waals surface area contributed by atoms with E-state index >= 15 is 0 Å². The fourth-order valence-electron chi connectivity index (χ4n) is 1.19. The van der Waals surface area contributed by atoms with Gasteiger partial charge in [-0.1, -0.05) is 36.0 Å². The third-order valence-electron chi connectivity index (χ3n) is 2.00. The molecule has 1 aliphatic carbocycles. The Morgan fingerprint density at radius 2 is 2.25 bits per heavy atom. The van der Waals surface area contributed by atoms with Crippen molar-refractivity contribution >= 4 is 0 Å². The van der Waals surface area contributed by atoms with Crippen LogP contribution < -0.4 is 0 Å². The summed E-state index contributed by atoms with van der Waals surface area (Å²) in [6.07, 6.45) is 14.2. The first kappa shape index (κ1) is 9.05. The summed E-state index contributed by atoms with van der Waals surface area (Å²) in [5.74, 6) is 0. The minimum Gasteiger partial charge on any atom is -0.103 e. The normalized spacial score (nSPS) is 19.4. The predicted octanol–water partition coefficient (Wildman–Crippen LogP) is 3.79. The van der Waals surface area contributed by atoms with E-state index in [0.717, 1.165) is 19.3 Å². The number of hydrogen-bond donors (Lipinski definition) is 0. The van der Waals surface area contributed by atoms with E-state index in [2.05, 4.69) is 37.8 Å². The van der Waals surface area contributed by atoms with Crippen molar-refractivity contribution < 1.29 is 0 Å². The Morgan fingerprint density at radius 3 is 2.83 bits per heavy atom. The van der Waals surface area contributed by atoms with E-state index < -0.39 is 0 Å². The van der Waals surface area contributed by atoms with Crippen molar-refractivity contribution in [2.45, 2.75) is 26.2 Å². The molecule has 0 radical (unpaired) electrons. The van der Waals surface area contributed by atoms with Gasteiger partial charge >= 0.3 is 0 Å². The SMILES string of the molecule is C=CCC/C=C1/C=CC(C)=CC1. The van der Waals surface area contributed by atoms with Crippen molar-refractivity contribution in [1.29, 1.82) is 0 Å². The average molecular weight is 160 g/mol. The van der Waals surface area contributed by atoms with Gasteiger partial charge in [0.25, 0.3) is 0 Å². The maximum Gasteiger partial charge on any atom is -0.00949 e. The lowest BCUT2D eigenvalue weighted by molar-refractivity contribution is 1.03. The monoisotopic (exact) mass is 160 g/mol. The lowest BCUT2D eigenvalue weighted by atomic mass is 10.0. The topological polar surface area (TPSA) is 0 Å². The molecular weight excluding hydrogens is 144 g/mol. The highest BCUT2D eigenvalue weighted by Crippen LogP contribution is 2.15. The Balaban J connectivity index is 2.41. The molecule has 0 N–H and O–H groups in total. The standard InChI is InChI=1S/C12H16/c1-3-4-5-6-12-9-7-11(2)8-10-12/h3,6-9H,1,4-5,10H2,2H3/b12-6-. The van der Waals surface area contributed by atoms with Crippen LogP contribution in [0.25, 0.3) is 0 Å². The van der Waals surface area contributed by atoms with Gasteiger partial charge in [-0.2, -0.15) is 0 Å². The van der Waals surface area contributed by atoms with Crippen LogP contribution in [0.3, 0.4) is 0 Å². The van der Waals surface area contributed by atoms with Gasteiger partial charge in [0.15, 0.2) is 0 Å². The van der Waals surface area contributed by atoms with Crippen molar-refractivity contribution in [2.75, 3.05) is 0 Å². The van der Waals surface area contributed by atoms with Crippen molar-refractivity contribution in [3.05, 3.63) is 48.1 Å². The van der Waals surface area contributed by atoms with Crippen LogP contribution in [0, 0.1) is 0 Å². The van der Waals surface area contributed by atoms with Gasteiger partial charge in [-0.3, -0.25) is 0 Å². The van der Waals surface area contributed by atoms with Gasteiger partial charge in [-0.25, -0.2) is 0 Å². The first-order valence-corrected chi connectivity index (χ1v) is 4.47. The molecule has 0 bridgehead atoms. The number of rotatable bonds is 3. The highest BCUT2D eigenvalue weighted by molar-refractivity contribution is 5.34. The molecule has 0 aliphatic heterocycles. The summed E-state index contributed by atoms with van der Waals surface area (Å²) < 4.78 is 0. The summed E-state index contributed by atoms with van der Waals surface area (Å²) in [7, 11) is 0. The quantitative estimate of drug-likeness (QED) is 0.435. The lowest BCUT2D eigenvalue weighted by Gasteiger charge is -2.04. The summed E-state index contributed by atoms with van der Waals surface area (Å²) in [5.41, 5.74) is 2.80. The van der Waals surface area contributed by atoms with Gasteiger partial charge in [0.2, 0.25) is 0 Å². The molecule has 64 valence electrons. The Bertz CT molecular complexity index is 239. The molecule has 0 heteroatoms. The molecule has 0 spiro atoms. The fraction of sp³-hybridized carbons (Fsp3) is 0.333. The molecule has 0 nitrogen and oxygen atoms in total. The number of allylic oxidation sites excluding steroid dienone is 7. The van der Waals surface area contributed by atoms with E-state index in [0.29, 0.717) is 0 Å². The zero-order chi connectivity index (χ0) is 8.81. The first-order chi connectivity index (χ1) is 5.83. The van der Waals surface area contributed by atoms with Gasteiger partial charge in [0, 0.05) is 0 Å². The average Bonchev–Trinajstić information content (AvgIpc) is 2.09. The molecule has 0 fully saturated rings. The zero-order valence-electron chi connectivity index (χ0n) is 7.72. The smallest absolute Gasteiger partial charge is 0.00949 e. The molecule has 0 saturated carbocycles. The van der Waals surface area contributed by atoms with E-state index in [-0.39, 0.29) is 0 Å². The minimum atomic E-state index is 1.08. The highest BCUT2D eigenvalue weighted by atomic mass is 14.0. The molecule has 0 aromatic heterocycles. The molecule has 0 atom stereocenters. The maximum atomic E-state index is 3.70. The van der Waals surface area contributed by atoms with Crippen LogP contribution in [-0.4, -0.2) is 0 Å². The number of hydrogen-bond acceptors (Lipinski definition) is 0. The summed E-state index contributed by atoms with van der Waals surface area (Å²) >= 11 is 0. The van der Waals surface area contributed by atoms with Gasteiger partial charge in [-0.15, -0.1) is 6.58 Å². The number of unbranched alkanes of at least 4 members (excludes halogenated alkanes) is 1. The van der Waals surface area contributed by atoms with Crippen molar-refractivity contribution in [3.8, 4) is 0 Å². The molecule has 0 amide bonds. The van der Waals surface area contributed by atoms with Crippen molar-refractivity contribution in [2.24, 2.45) is 0 Å². The van der Waals surface area contributed by atoms with Crippen LogP contribution in [0.5, 0.6) is 0 Å². The van der Waals surface area contributed by atoms with Crippen LogP contribution in [0.4, 0.5) is 0 Å². The second-order valence-electron chi connectivity index (χ2n) is 3.13. The van der Waals surface area contributed by atoms with Crippen molar-refractivity contribution in [3.63, 3.8) is 0 Å². The molecule has 0 aromatic carbocycles. The second kappa shape index (κ2) is 4.76. The summed E-state index contributed by atoms with van der Waals surface area (Å²) in [6.45, 7) is 5.83. The highest BCUT2D eigenvalue weighted by Gasteiger charge is 1.95. The predicted molar refractivity (Wildman–Crippen MR) is 55.0 cm³/mol. The van der Waals surface area contributed by atoms with Crippen LogP contribution in [0.2, 0.25) is 0 Å². The van der Waals surface area contributed by atoms with Crippen LogP contribution in [0.15, 0.2) is 48.1 Å². The Hall–Kier alpha value is -1.04. The van der Waals surface area contributed by atoms with Gasteiger partial charge in [-0.05, 0) is 31.8 Å². The van der Waals surface area contributed by atoms with Gasteiger partial charge in [0.05, 0.1) is 0 Å². The maximum absolute atomic E-state index is 3.70. The fourth-order valence-corrected chi connectivity index (χ4v) is 1.19. The molecule has 12 heavy (non-hydrogen) atoms. The third-order valence-corrected chi connectivity index (χ3v) is 2.00. The van der Waals surface area contributed by atoms with Gasteiger partial charge < -0.3 is 0 Å². The van der Waals surface area contributed by atoms with E-state index in [9.17, 15) is 0 Å². The molecular formula is C12H16. The van der Waals surface area contributed by atoms with Crippen LogP contribution in [0.1, 0.15) is 26.2 Å². The Labute approximate surface area is 75.0 Å². The van der Waals surface area contributed by atoms with Crippen LogP contribution in [-0.2, 0) is 0 Å². The largest absolute Gasteiger partial charge is 0.103 e. The second-order valence-corrected chi connectivity index (χ2v) is 3.13. The van der Waals surface area contributed by atoms with E-state index in [4.69, 9.17) is 0 Å². The molecule has 1 rings (SSSR count). The minimum absolute atomic E-state index is 1.08. The van der Waals surface area contributed by atoms with Crippen LogP contribution >= 0.6 is 0 Å². The van der Waals surface area contributed by atoms with E-state index in [1.165, 1.54) is 11.1 Å². The molecule has 0 saturated heterocycles. The van der Waals surface area contributed by atoms with Gasteiger partial charge in [0.1, 0.15) is 0 Å². The Kier molecular flexibility index (Phi) is 3.59. The summed E-state index contributed by atoms with van der Waals surface area (Å²) in [6, 6.07) is 0. The molecule has 0 unspecified atom stereocenters. The first-order valence-electron chi connectivity index (χ1n) is 4.47. The van der Waals surface area contributed by atoms with E-state index in [1.54, 1.807) is 0 Å². The molecule has 0 heterocycles. The Morgan fingerprint density at radius 1 is 1.42 bits per heavy atom. The summed E-state index contributed by atoms with van der Waals surface area (Å²) in [5, 5.41) is 0. The zero-order valence-corrected chi connectivity index (χ0v) is 7.72. The molecule has 1 aliphatic rings. The lowest BCUT2D eigenvalue weighted by Crippen LogP contribution is -1.84. The third kappa shape index (κ3) is 2.91. The van der Waals surface area contributed by atoms with Crippen molar-refractivity contribution in [1.82, 2.24) is 0 Å².